The number of benzene rings is 1. The molecule has 0 fully saturated rings. The van der Waals surface area contributed by atoms with Gasteiger partial charge in [-0.05, 0) is 32.0 Å². The van der Waals surface area contributed by atoms with Gasteiger partial charge in [0.1, 0.15) is 5.82 Å². The van der Waals surface area contributed by atoms with Gasteiger partial charge in [-0.3, -0.25) is 4.79 Å². The smallest absolute Gasteiger partial charge is 0.319 e. The first-order chi connectivity index (χ1) is 8.04. The van der Waals surface area contributed by atoms with Crippen molar-refractivity contribution in [3.63, 3.8) is 0 Å². The summed E-state index contributed by atoms with van der Waals surface area (Å²) in [5, 5.41) is 2.92. The Hall–Kier alpha value is -0.940. The summed E-state index contributed by atoms with van der Waals surface area (Å²) >= 11 is 3.28. The van der Waals surface area contributed by atoms with Crippen molar-refractivity contribution < 1.29 is 13.9 Å². The van der Waals surface area contributed by atoms with Crippen LogP contribution < -0.4 is 5.32 Å². The van der Waals surface area contributed by atoms with E-state index in [1.165, 1.54) is 6.07 Å². The number of ether oxygens (including phenoxy) is 1. The van der Waals surface area contributed by atoms with Crippen LogP contribution in [0.15, 0.2) is 22.7 Å². The summed E-state index contributed by atoms with van der Waals surface area (Å²) in [7, 11) is 0. The Morgan fingerprint density at radius 2 is 2.29 bits per heavy atom. The van der Waals surface area contributed by atoms with Crippen LogP contribution in [-0.2, 0) is 9.53 Å². The summed E-state index contributed by atoms with van der Waals surface area (Å²) in [4.78, 5) is 11.1. The van der Waals surface area contributed by atoms with E-state index in [-0.39, 0.29) is 24.4 Å². The van der Waals surface area contributed by atoms with Crippen LogP contribution in [0.1, 0.15) is 25.5 Å². The first-order valence-corrected chi connectivity index (χ1v) is 6.17. The lowest BCUT2D eigenvalue weighted by atomic mass is 10.1. The number of rotatable bonds is 5. The summed E-state index contributed by atoms with van der Waals surface area (Å²) in [5.41, 5.74) is 0.517. The maximum Gasteiger partial charge on any atom is 0.319 e. The topological polar surface area (TPSA) is 38.3 Å². The Labute approximate surface area is 108 Å². The number of hydrogen-bond donors (Lipinski definition) is 1. The predicted octanol–water partition coefficient (Wildman–Crippen LogP) is 2.80. The Balaban J connectivity index is 2.60. The first kappa shape index (κ1) is 14.1. The average molecular weight is 304 g/mol. The number of nitrogens with one attached hydrogen (secondary N) is 1. The van der Waals surface area contributed by atoms with Crippen molar-refractivity contribution in [1.29, 1.82) is 0 Å². The van der Waals surface area contributed by atoms with E-state index in [9.17, 15) is 9.18 Å². The number of esters is 1. The third-order valence-corrected chi connectivity index (χ3v) is 2.78. The molecule has 1 unspecified atom stereocenters. The fourth-order valence-electron chi connectivity index (χ4n) is 1.40. The van der Waals surface area contributed by atoms with E-state index < -0.39 is 0 Å². The van der Waals surface area contributed by atoms with Crippen molar-refractivity contribution in [3.05, 3.63) is 34.1 Å². The highest BCUT2D eigenvalue weighted by molar-refractivity contribution is 9.10. The molecule has 0 aliphatic heterocycles. The van der Waals surface area contributed by atoms with Crippen LogP contribution >= 0.6 is 15.9 Å². The SMILES string of the molecule is CCOC(=O)CNC(C)c1cc(Br)ccc1F. The van der Waals surface area contributed by atoms with E-state index in [2.05, 4.69) is 21.2 Å². The highest BCUT2D eigenvalue weighted by atomic mass is 79.9. The third kappa shape index (κ3) is 4.44. The Morgan fingerprint density at radius 3 is 2.94 bits per heavy atom. The van der Waals surface area contributed by atoms with Crippen LogP contribution in [0.4, 0.5) is 4.39 Å². The van der Waals surface area contributed by atoms with Gasteiger partial charge >= 0.3 is 5.97 Å². The van der Waals surface area contributed by atoms with E-state index in [0.29, 0.717) is 12.2 Å². The van der Waals surface area contributed by atoms with E-state index >= 15 is 0 Å². The summed E-state index contributed by atoms with van der Waals surface area (Å²) < 4.78 is 19.1. The van der Waals surface area contributed by atoms with Crippen molar-refractivity contribution in [3.8, 4) is 0 Å². The highest BCUT2D eigenvalue weighted by Crippen LogP contribution is 2.21. The van der Waals surface area contributed by atoms with E-state index in [1.807, 2.05) is 0 Å². The van der Waals surface area contributed by atoms with Crippen LogP contribution in [0.5, 0.6) is 0 Å². The van der Waals surface area contributed by atoms with Crippen molar-refractivity contribution in [1.82, 2.24) is 5.32 Å². The molecule has 0 bridgehead atoms. The molecule has 0 amide bonds. The number of hydrogen-bond acceptors (Lipinski definition) is 3. The molecule has 1 aromatic carbocycles. The molecule has 1 rings (SSSR count). The Morgan fingerprint density at radius 1 is 1.59 bits per heavy atom. The van der Waals surface area contributed by atoms with E-state index in [4.69, 9.17) is 4.74 Å². The van der Waals surface area contributed by atoms with E-state index in [1.54, 1.807) is 26.0 Å². The lowest BCUT2D eigenvalue weighted by Gasteiger charge is -2.14. The zero-order chi connectivity index (χ0) is 12.8. The molecule has 1 N–H and O–H groups in total. The molecule has 0 aliphatic carbocycles. The molecule has 0 spiro atoms. The fourth-order valence-corrected chi connectivity index (χ4v) is 1.78. The molecular formula is C12H15BrFNO2. The number of carbonyl (C=O) groups excluding carboxylic acids is 1. The zero-order valence-corrected chi connectivity index (χ0v) is 11.4. The molecule has 0 aromatic heterocycles. The Kier molecular flexibility index (Phi) is 5.58. The van der Waals surface area contributed by atoms with Crippen molar-refractivity contribution in [2.75, 3.05) is 13.2 Å². The summed E-state index contributed by atoms with van der Waals surface area (Å²) in [6, 6.07) is 4.47. The third-order valence-electron chi connectivity index (χ3n) is 2.28. The second kappa shape index (κ2) is 6.71. The van der Waals surface area contributed by atoms with Gasteiger partial charge in [-0.1, -0.05) is 15.9 Å². The molecule has 3 nitrogen and oxygen atoms in total. The van der Waals surface area contributed by atoms with Crippen molar-refractivity contribution in [2.45, 2.75) is 19.9 Å². The molecule has 5 heteroatoms. The maximum absolute atomic E-state index is 13.5. The second-order valence-electron chi connectivity index (χ2n) is 3.57. The largest absolute Gasteiger partial charge is 0.465 e. The van der Waals surface area contributed by atoms with Crippen molar-refractivity contribution >= 4 is 21.9 Å². The minimum absolute atomic E-state index is 0.0704. The molecule has 94 valence electrons. The zero-order valence-electron chi connectivity index (χ0n) is 9.80. The molecule has 0 radical (unpaired) electrons. The van der Waals surface area contributed by atoms with Crippen LogP contribution in [0, 0.1) is 5.82 Å². The lowest BCUT2D eigenvalue weighted by molar-refractivity contribution is -0.142. The summed E-state index contributed by atoms with van der Waals surface area (Å²) in [5.74, 6) is -0.633. The van der Waals surface area contributed by atoms with Gasteiger partial charge in [-0.15, -0.1) is 0 Å². The standard InChI is InChI=1S/C12H15BrFNO2/c1-3-17-12(16)7-15-8(2)10-6-9(13)4-5-11(10)14/h4-6,8,15H,3,7H2,1-2H3. The van der Waals surface area contributed by atoms with Crippen LogP contribution in [0.3, 0.4) is 0 Å². The molecule has 0 saturated carbocycles. The molecule has 0 saturated heterocycles. The van der Waals surface area contributed by atoms with Crippen LogP contribution in [0.2, 0.25) is 0 Å². The summed E-state index contributed by atoms with van der Waals surface area (Å²) in [6.07, 6.45) is 0. The summed E-state index contributed by atoms with van der Waals surface area (Å²) in [6.45, 7) is 3.96. The van der Waals surface area contributed by atoms with Gasteiger partial charge in [0.15, 0.2) is 0 Å². The van der Waals surface area contributed by atoms with Gasteiger partial charge in [0.05, 0.1) is 13.2 Å². The normalized spacial score (nSPS) is 12.2. The van der Waals surface area contributed by atoms with Gasteiger partial charge in [-0.25, -0.2) is 4.39 Å². The average Bonchev–Trinajstić information content (AvgIpc) is 2.29. The molecular weight excluding hydrogens is 289 g/mol. The molecule has 1 aromatic rings. The van der Waals surface area contributed by atoms with Gasteiger partial charge in [0, 0.05) is 16.1 Å². The minimum atomic E-state index is -0.338. The van der Waals surface area contributed by atoms with Gasteiger partial charge in [0.2, 0.25) is 0 Å². The van der Waals surface area contributed by atoms with Crippen LogP contribution in [-0.4, -0.2) is 19.1 Å². The van der Waals surface area contributed by atoms with E-state index in [0.717, 1.165) is 4.47 Å². The molecule has 1 atom stereocenters. The maximum atomic E-state index is 13.5. The highest BCUT2D eigenvalue weighted by Gasteiger charge is 2.12. The van der Waals surface area contributed by atoms with Crippen molar-refractivity contribution in [2.24, 2.45) is 0 Å². The molecule has 17 heavy (non-hydrogen) atoms. The van der Waals surface area contributed by atoms with Gasteiger partial charge < -0.3 is 10.1 Å². The molecule has 0 heterocycles. The quantitative estimate of drug-likeness (QED) is 0.850. The Bertz CT molecular complexity index is 398. The van der Waals surface area contributed by atoms with Gasteiger partial charge in [-0.2, -0.15) is 0 Å². The first-order valence-electron chi connectivity index (χ1n) is 5.38. The number of carbonyl (C=O) groups is 1. The second-order valence-corrected chi connectivity index (χ2v) is 4.49. The monoisotopic (exact) mass is 303 g/mol. The molecule has 0 aliphatic rings. The minimum Gasteiger partial charge on any atom is -0.465 e. The van der Waals surface area contributed by atoms with Crippen LogP contribution in [0.25, 0.3) is 0 Å². The lowest BCUT2D eigenvalue weighted by Crippen LogP contribution is -2.27. The fraction of sp³-hybridized carbons (Fsp3) is 0.417. The predicted molar refractivity (Wildman–Crippen MR) is 67.2 cm³/mol. The number of halogens is 2. The van der Waals surface area contributed by atoms with Gasteiger partial charge in [0.25, 0.3) is 0 Å².